The zero-order chi connectivity index (χ0) is 16.1. The minimum absolute atomic E-state index is 0.0493. The summed E-state index contributed by atoms with van der Waals surface area (Å²) in [7, 11) is -5.70. The Kier molecular flexibility index (Phi) is 3.36. The van der Waals surface area contributed by atoms with Gasteiger partial charge in [0.15, 0.2) is 0 Å². The Bertz CT molecular complexity index is 757. The van der Waals surface area contributed by atoms with E-state index in [9.17, 15) is 26.9 Å². The maximum absolute atomic E-state index is 12.5. The van der Waals surface area contributed by atoms with Gasteiger partial charge in [-0.2, -0.15) is 26.9 Å². The van der Waals surface area contributed by atoms with Crippen molar-refractivity contribution in [2.24, 2.45) is 0 Å². The van der Waals surface area contributed by atoms with Crippen LogP contribution in [-0.2, 0) is 10.1 Å². The van der Waals surface area contributed by atoms with E-state index in [1.807, 2.05) is 6.07 Å². The molecule has 118 valence electrons. The molecule has 1 fully saturated rings. The van der Waals surface area contributed by atoms with Gasteiger partial charge in [0.2, 0.25) is 0 Å². The SMILES string of the molecule is N#Cc1ccc(OS(=O)(=O)C(F)(F)F)c2c1C1CCC2CC1. The van der Waals surface area contributed by atoms with E-state index in [4.69, 9.17) is 0 Å². The highest BCUT2D eigenvalue weighted by Gasteiger charge is 2.49. The van der Waals surface area contributed by atoms with E-state index in [0.717, 1.165) is 31.7 Å². The molecule has 3 aliphatic rings. The van der Waals surface area contributed by atoms with E-state index in [2.05, 4.69) is 4.18 Å². The third-order valence-electron chi connectivity index (χ3n) is 4.39. The summed E-state index contributed by atoms with van der Waals surface area (Å²) in [5.41, 5.74) is -3.95. The van der Waals surface area contributed by atoms with Crippen molar-refractivity contribution in [1.82, 2.24) is 0 Å². The predicted molar refractivity (Wildman–Crippen MR) is 70.7 cm³/mol. The lowest BCUT2D eigenvalue weighted by Gasteiger charge is -2.39. The molecule has 1 aromatic rings. The van der Waals surface area contributed by atoms with Gasteiger partial charge in [-0.25, -0.2) is 0 Å². The molecule has 0 saturated heterocycles. The molecule has 0 unspecified atom stereocenters. The molecular formula is C14H12F3NO3S. The maximum Gasteiger partial charge on any atom is 0.534 e. The highest BCUT2D eigenvalue weighted by atomic mass is 32.2. The standard InChI is InChI=1S/C14H12F3NO3S/c15-14(16,17)22(19,20)21-11-6-5-10(7-18)12-8-1-3-9(4-2-8)13(11)12/h5-6,8-9H,1-4H2. The van der Waals surface area contributed by atoms with Crippen molar-refractivity contribution in [3.8, 4) is 11.8 Å². The number of benzene rings is 1. The van der Waals surface area contributed by atoms with Gasteiger partial charge in [-0.05, 0) is 55.2 Å². The molecule has 0 N–H and O–H groups in total. The first kappa shape index (κ1) is 15.2. The largest absolute Gasteiger partial charge is 0.534 e. The van der Waals surface area contributed by atoms with Gasteiger partial charge in [0.1, 0.15) is 5.75 Å². The summed E-state index contributed by atoms with van der Waals surface area (Å²) in [6, 6.07) is 4.52. The summed E-state index contributed by atoms with van der Waals surface area (Å²) in [6.07, 6.45) is 3.27. The minimum atomic E-state index is -5.70. The molecule has 0 amide bonds. The van der Waals surface area contributed by atoms with Crippen LogP contribution in [0.1, 0.15) is 54.2 Å². The van der Waals surface area contributed by atoms with Crippen LogP contribution in [0.5, 0.6) is 5.75 Å². The van der Waals surface area contributed by atoms with E-state index in [1.54, 1.807) is 0 Å². The van der Waals surface area contributed by atoms with Crippen LogP contribution in [0.25, 0.3) is 0 Å². The Hall–Kier alpha value is -1.75. The first-order chi connectivity index (χ1) is 10.2. The van der Waals surface area contributed by atoms with Crippen LogP contribution in [0.3, 0.4) is 0 Å². The molecule has 0 aromatic heterocycles. The van der Waals surface area contributed by atoms with Gasteiger partial charge in [0, 0.05) is 5.56 Å². The van der Waals surface area contributed by atoms with Crippen LogP contribution >= 0.6 is 0 Å². The zero-order valence-electron chi connectivity index (χ0n) is 11.4. The first-order valence-corrected chi connectivity index (χ1v) is 8.23. The van der Waals surface area contributed by atoms with E-state index < -0.39 is 15.6 Å². The molecule has 0 heterocycles. The summed E-state index contributed by atoms with van der Waals surface area (Å²) in [6.45, 7) is 0. The molecule has 0 aliphatic heterocycles. The number of nitrogens with zero attached hydrogens (tertiary/aromatic N) is 1. The molecule has 0 radical (unpaired) electrons. The monoisotopic (exact) mass is 331 g/mol. The van der Waals surface area contributed by atoms with Gasteiger partial charge >= 0.3 is 15.6 Å². The normalized spacial score (nSPS) is 23.7. The molecule has 0 atom stereocenters. The molecule has 22 heavy (non-hydrogen) atoms. The Morgan fingerprint density at radius 2 is 1.64 bits per heavy atom. The van der Waals surface area contributed by atoms with Crippen molar-refractivity contribution in [2.75, 3.05) is 0 Å². The van der Waals surface area contributed by atoms with E-state index in [0.29, 0.717) is 16.7 Å². The quantitative estimate of drug-likeness (QED) is 0.614. The van der Waals surface area contributed by atoms with Gasteiger partial charge in [0.25, 0.3) is 0 Å². The van der Waals surface area contributed by atoms with Gasteiger partial charge in [-0.3, -0.25) is 0 Å². The Labute approximate surface area is 125 Å². The van der Waals surface area contributed by atoms with Gasteiger partial charge in [-0.1, -0.05) is 0 Å². The van der Waals surface area contributed by atoms with Gasteiger partial charge < -0.3 is 4.18 Å². The molecule has 3 aliphatic carbocycles. The molecule has 8 heteroatoms. The topological polar surface area (TPSA) is 67.2 Å². The smallest absolute Gasteiger partial charge is 0.376 e. The second-order valence-corrected chi connectivity index (χ2v) is 7.12. The third-order valence-corrected chi connectivity index (χ3v) is 5.36. The molecule has 1 aromatic carbocycles. The lowest BCUT2D eigenvalue weighted by atomic mass is 9.65. The van der Waals surface area contributed by atoms with Crippen LogP contribution < -0.4 is 4.18 Å². The summed E-state index contributed by atoms with van der Waals surface area (Å²) in [5.74, 6) is -0.251. The van der Waals surface area contributed by atoms with Crippen LogP contribution in [0, 0.1) is 11.3 Å². The fourth-order valence-electron chi connectivity index (χ4n) is 3.48. The van der Waals surface area contributed by atoms with Crippen molar-refractivity contribution in [1.29, 1.82) is 5.26 Å². The van der Waals surface area contributed by atoms with Crippen LogP contribution in [0.2, 0.25) is 0 Å². The van der Waals surface area contributed by atoms with E-state index >= 15 is 0 Å². The molecule has 0 spiro atoms. The Balaban J connectivity index is 2.13. The maximum atomic E-state index is 12.5. The summed E-state index contributed by atoms with van der Waals surface area (Å²) < 4.78 is 64.4. The predicted octanol–water partition coefficient (Wildman–Crippen LogP) is 3.54. The molecule has 4 nitrogen and oxygen atoms in total. The summed E-state index contributed by atoms with van der Waals surface area (Å²) in [4.78, 5) is 0. The third kappa shape index (κ3) is 2.24. The second kappa shape index (κ2) is 4.88. The molecule has 4 rings (SSSR count). The number of hydrogen-bond acceptors (Lipinski definition) is 4. The van der Waals surface area contributed by atoms with Crippen LogP contribution in [0.4, 0.5) is 13.2 Å². The van der Waals surface area contributed by atoms with E-state index in [-0.39, 0.29) is 17.6 Å². The lowest BCUT2D eigenvalue weighted by Crippen LogP contribution is -2.30. The van der Waals surface area contributed by atoms with Crippen molar-refractivity contribution in [3.63, 3.8) is 0 Å². The number of alkyl halides is 3. The number of rotatable bonds is 2. The Morgan fingerprint density at radius 1 is 1.09 bits per heavy atom. The molecule has 1 saturated carbocycles. The van der Waals surface area contributed by atoms with Crippen molar-refractivity contribution in [3.05, 3.63) is 28.8 Å². The highest BCUT2D eigenvalue weighted by molar-refractivity contribution is 7.88. The van der Waals surface area contributed by atoms with Crippen molar-refractivity contribution >= 4 is 10.1 Å². The van der Waals surface area contributed by atoms with Crippen LogP contribution in [0.15, 0.2) is 12.1 Å². The molecular weight excluding hydrogens is 319 g/mol. The van der Waals surface area contributed by atoms with Crippen molar-refractivity contribution in [2.45, 2.75) is 43.0 Å². The highest BCUT2D eigenvalue weighted by Crippen LogP contribution is 2.53. The number of halogens is 3. The number of hydrogen-bond donors (Lipinski definition) is 0. The minimum Gasteiger partial charge on any atom is -0.376 e. The van der Waals surface area contributed by atoms with Gasteiger partial charge in [-0.15, -0.1) is 0 Å². The van der Waals surface area contributed by atoms with E-state index in [1.165, 1.54) is 6.07 Å². The molecule has 2 bridgehead atoms. The Morgan fingerprint density at radius 3 is 2.14 bits per heavy atom. The number of fused-ring (bicyclic) bond motifs is 2. The average Bonchev–Trinajstić information content (AvgIpc) is 2.47. The summed E-state index contributed by atoms with van der Waals surface area (Å²) >= 11 is 0. The second-order valence-electron chi connectivity index (χ2n) is 5.58. The number of nitriles is 1. The zero-order valence-corrected chi connectivity index (χ0v) is 12.2. The summed E-state index contributed by atoms with van der Waals surface area (Å²) in [5, 5.41) is 9.19. The fraction of sp³-hybridized carbons (Fsp3) is 0.500. The van der Waals surface area contributed by atoms with Crippen LogP contribution in [-0.4, -0.2) is 13.9 Å². The average molecular weight is 331 g/mol. The fourth-order valence-corrected chi connectivity index (χ4v) is 3.96. The lowest BCUT2D eigenvalue weighted by molar-refractivity contribution is -0.0500. The first-order valence-electron chi connectivity index (χ1n) is 6.82. The van der Waals surface area contributed by atoms with Crippen molar-refractivity contribution < 1.29 is 25.8 Å². The van der Waals surface area contributed by atoms with Gasteiger partial charge in [0.05, 0.1) is 11.6 Å².